The highest BCUT2D eigenvalue weighted by atomic mass is 16.5. The minimum atomic E-state index is -1.26. The van der Waals surface area contributed by atoms with Crippen molar-refractivity contribution in [2.24, 2.45) is 11.8 Å². The predicted molar refractivity (Wildman–Crippen MR) is 174 cm³/mol. The molecule has 6 atom stereocenters. The highest BCUT2D eigenvalue weighted by Gasteiger charge is 2.74. The lowest BCUT2D eigenvalue weighted by atomic mass is 9.70. The number of amides is 3. The van der Waals surface area contributed by atoms with Gasteiger partial charge in [-0.05, 0) is 37.0 Å². The number of nitrogens with zero attached hydrogens (tertiary/aromatic N) is 5. The SMILES string of the molecule is C=CCCC(=O)OC[C@@H](NC(=O)[C@@H]1[C@@H]2CC[C@]3(O2)[C@H](C(=O)N(CC=C)Cn2nnc4ccccc42)N(CCO)C(=O)[C@@H]13)c1ccccc1. The van der Waals surface area contributed by atoms with E-state index in [0.29, 0.717) is 24.8 Å². The number of likely N-dealkylation sites (tertiary alicyclic amines) is 1. The average Bonchev–Trinajstić information content (AvgIpc) is 3.85. The van der Waals surface area contributed by atoms with Crippen molar-refractivity contribution >= 4 is 34.7 Å². The number of hydrogen-bond donors (Lipinski definition) is 2. The molecule has 252 valence electrons. The molecule has 3 fully saturated rings. The number of ether oxygens (including phenoxy) is 2. The number of hydrogen-bond acceptors (Lipinski definition) is 9. The Labute approximate surface area is 278 Å². The van der Waals surface area contributed by atoms with Gasteiger partial charge in [-0.3, -0.25) is 19.2 Å². The molecule has 3 amide bonds. The maximum atomic E-state index is 14.5. The van der Waals surface area contributed by atoms with Crippen LogP contribution in [-0.2, 0) is 35.3 Å². The van der Waals surface area contributed by atoms with Crippen LogP contribution in [-0.4, -0.2) is 97.6 Å². The third-order valence-corrected chi connectivity index (χ3v) is 9.55. The van der Waals surface area contributed by atoms with E-state index in [4.69, 9.17) is 9.47 Å². The summed E-state index contributed by atoms with van der Waals surface area (Å²) >= 11 is 0. The molecule has 13 nitrogen and oxygen atoms in total. The second-order valence-electron chi connectivity index (χ2n) is 12.4. The Morgan fingerprint density at radius 2 is 1.92 bits per heavy atom. The van der Waals surface area contributed by atoms with Gasteiger partial charge in [0.25, 0.3) is 0 Å². The molecule has 3 saturated heterocycles. The van der Waals surface area contributed by atoms with Gasteiger partial charge >= 0.3 is 5.97 Å². The molecule has 1 spiro atoms. The molecule has 2 aromatic carbocycles. The maximum absolute atomic E-state index is 14.5. The number of aliphatic hydroxyl groups excluding tert-OH is 1. The van der Waals surface area contributed by atoms with Crippen molar-refractivity contribution in [2.45, 2.75) is 56.1 Å². The molecule has 3 aliphatic heterocycles. The standard InChI is InChI=1S/C35H40N6O7/c1-3-5-15-28(43)47-21-25(23-11-7-6-8-12-23)36-32(44)29-27-16-17-35(48-27)30(29)33(45)40(19-20-42)31(35)34(46)39(18-4-2)22-41-26-14-10-9-13-24(26)37-38-41/h3-4,6-14,25,27,29-31,42H,1-2,5,15-22H2,(H,36,44)/t25-,27+,29-,30-,31+,35-/m1/s1. The van der Waals surface area contributed by atoms with E-state index in [1.165, 1.54) is 9.80 Å². The van der Waals surface area contributed by atoms with Crippen molar-refractivity contribution in [3.63, 3.8) is 0 Å². The summed E-state index contributed by atoms with van der Waals surface area (Å²) in [5, 5.41) is 21.4. The van der Waals surface area contributed by atoms with Gasteiger partial charge < -0.3 is 29.7 Å². The van der Waals surface area contributed by atoms with Crippen molar-refractivity contribution in [3.05, 3.63) is 85.5 Å². The number of aromatic nitrogens is 3. The normalized spacial score (nSPS) is 24.7. The third-order valence-electron chi connectivity index (χ3n) is 9.55. The van der Waals surface area contributed by atoms with E-state index in [1.807, 2.05) is 54.6 Å². The number of allylic oxidation sites excluding steroid dienone is 1. The van der Waals surface area contributed by atoms with Crippen LogP contribution in [0.5, 0.6) is 0 Å². The Balaban J connectivity index is 1.27. The molecule has 48 heavy (non-hydrogen) atoms. The van der Waals surface area contributed by atoms with Crippen LogP contribution in [0.2, 0.25) is 0 Å². The number of β-amino-alcohol motifs (C(OH)–C–C–N with tert-alkyl or cyclic N) is 1. The molecule has 2 bridgehead atoms. The van der Waals surface area contributed by atoms with E-state index in [-0.39, 0.29) is 39.4 Å². The first-order valence-electron chi connectivity index (χ1n) is 16.2. The Morgan fingerprint density at radius 1 is 1.15 bits per heavy atom. The van der Waals surface area contributed by atoms with Gasteiger partial charge in [-0.15, -0.1) is 18.3 Å². The number of esters is 1. The summed E-state index contributed by atoms with van der Waals surface area (Å²) in [6.45, 7) is 7.09. The van der Waals surface area contributed by atoms with Crippen molar-refractivity contribution < 1.29 is 33.8 Å². The van der Waals surface area contributed by atoms with Crippen LogP contribution in [0.4, 0.5) is 0 Å². The van der Waals surface area contributed by atoms with Gasteiger partial charge in [-0.1, -0.05) is 59.8 Å². The number of carbonyl (C=O) groups excluding carboxylic acids is 4. The molecule has 0 radical (unpaired) electrons. The van der Waals surface area contributed by atoms with E-state index < -0.39 is 59.3 Å². The van der Waals surface area contributed by atoms with Crippen LogP contribution >= 0.6 is 0 Å². The Bertz CT molecular complexity index is 1690. The van der Waals surface area contributed by atoms with Gasteiger partial charge in [-0.2, -0.15) is 0 Å². The summed E-state index contributed by atoms with van der Waals surface area (Å²) in [7, 11) is 0. The van der Waals surface area contributed by atoms with E-state index in [0.717, 1.165) is 11.1 Å². The van der Waals surface area contributed by atoms with Crippen LogP contribution in [0.1, 0.15) is 37.3 Å². The maximum Gasteiger partial charge on any atom is 0.306 e. The van der Waals surface area contributed by atoms with Gasteiger partial charge in [0.05, 0.1) is 36.1 Å². The molecule has 1 aromatic heterocycles. The van der Waals surface area contributed by atoms with Crippen molar-refractivity contribution in [1.82, 2.24) is 30.1 Å². The fourth-order valence-electron chi connectivity index (χ4n) is 7.45. The average molecular weight is 657 g/mol. The first-order valence-corrected chi connectivity index (χ1v) is 16.2. The number of nitrogens with one attached hydrogen (secondary N) is 1. The Kier molecular flexibility index (Phi) is 9.69. The topological polar surface area (TPSA) is 156 Å². The quantitative estimate of drug-likeness (QED) is 0.185. The zero-order valence-corrected chi connectivity index (χ0v) is 26.6. The lowest BCUT2D eigenvalue weighted by molar-refractivity contribution is -0.149. The van der Waals surface area contributed by atoms with E-state index in [1.54, 1.807) is 16.8 Å². The number of aliphatic hydroxyl groups is 1. The predicted octanol–water partition coefficient (Wildman–Crippen LogP) is 2.14. The highest BCUT2D eigenvalue weighted by Crippen LogP contribution is 2.58. The van der Waals surface area contributed by atoms with Crippen molar-refractivity contribution in [2.75, 3.05) is 26.3 Å². The van der Waals surface area contributed by atoms with Gasteiger partial charge in [0.15, 0.2) is 0 Å². The minimum Gasteiger partial charge on any atom is -0.463 e. The molecule has 3 aromatic rings. The number of rotatable bonds is 15. The number of carbonyl (C=O) groups is 4. The molecule has 2 N–H and O–H groups in total. The Morgan fingerprint density at radius 3 is 2.67 bits per heavy atom. The van der Waals surface area contributed by atoms with Gasteiger partial charge in [0, 0.05) is 19.5 Å². The van der Waals surface area contributed by atoms with E-state index in [2.05, 4.69) is 28.8 Å². The summed E-state index contributed by atoms with van der Waals surface area (Å²) in [4.78, 5) is 58.1. The summed E-state index contributed by atoms with van der Waals surface area (Å²) in [5.74, 6) is -3.48. The fourth-order valence-corrected chi connectivity index (χ4v) is 7.45. The molecule has 0 aliphatic carbocycles. The molecule has 3 aliphatic rings. The molecular weight excluding hydrogens is 616 g/mol. The molecular formula is C35H40N6O7. The van der Waals surface area contributed by atoms with Crippen LogP contribution in [0, 0.1) is 11.8 Å². The lowest BCUT2D eigenvalue weighted by Crippen LogP contribution is -2.57. The van der Waals surface area contributed by atoms with Gasteiger partial charge in [0.2, 0.25) is 17.7 Å². The monoisotopic (exact) mass is 656 g/mol. The van der Waals surface area contributed by atoms with Gasteiger partial charge in [0.1, 0.15) is 30.4 Å². The first kappa shape index (κ1) is 33.0. The van der Waals surface area contributed by atoms with Gasteiger partial charge in [-0.25, -0.2) is 4.68 Å². The second kappa shape index (κ2) is 14.1. The van der Waals surface area contributed by atoms with Crippen molar-refractivity contribution in [3.8, 4) is 0 Å². The minimum absolute atomic E-state index is 0.0430. The first-order chi connectivity index (χ1) is 23.3. The zero-order chi connectivity index (χ0) is 33.8. The van der Waals surface area contributed by atoms with Crippen molar-refractivity contribution in [1.29, 1.82) is 0 Å². The number of benzene rings is 2. The summed E-state index contributed by atoms with van der Waals surface area (Å²) in [6, 6.07) is 14.8. The highest BCUT2D eigenvalue weighted by molar-refractivity contribution is 5.99. The fraction of sp³-hybridized carbons (Fsp3) is 0.429. The number of fused-ring (bicyclic) bond motifs is 2. The molecule has 4 heterocycles. The number of para-hydroxylation sites is 1. The molecule has 6 rings (SSSR count). The summed E-state index contributed by atoms with van der Waals surface area (Å²) in [6.07, 6.45) is 4.14. The summed E-state index contributed by atoms with van der Waals surface area (Å²) < 4.78 is 13.7. The zero-order valence-electron chi connectivity index (χ0n) is 26.6. The van der Waals surface area contributed by atoms with Crippen LogP contribution in [0.15, 0.2) is 79.9 Å². The van der Waals surface area contributed by atoms with Crippen LogP contribution < -0.4 is 5.32 Å². The third kappa shape index (κ3) is 5.99. The molecule has 0 unspecified atom stereocenters. The summed E-state index contributed by atoms with van der Waals surface area (Å²) in [5.41, 5.74) is 0.875. The van der Waals surface area contributed by atoms with Crippen LogP contribution in [0.3, 0.4) is 0 Å². The molecule has 13 heteroatoms. The largest absolute Gasteiger partial charge is 0.463 e. The van der Waals surface area contributed by atoms with E-state index in [9.17, 15) is 24.3 Å². The van der Waals surface area contributed by atoms with E-state index >= 15 is 0 Å². The molecule has 0 saturated carbocycles. The smallest absolute Gasteiger partial charge is 0.306 e. The van der Waals surface area contributed by atoms with Crippen LogP contribution in [0.25, 0.3) is 11.0 Å². The lowest BCUT2D eigenvalue weighted by Gasteiger charge is -2.36. The Hall–Kier alpha value is -4.88. The second-order valence-corrected chi connectivity index (χ2v) is 12.4.